The number of aromatic hydroxyl groups is 1. The van der Waals surface area contributed by atoms with Crippen LogP contribution in [0.2, 0.25) is 0 Å². The monoisotopic (exact) mass is 299 g/mol. The molecule has 0 bridgehead atoms. The fourth-order valence-corrected chi connectivity index (χ4v) is 4.86. The number of hydrogen-bond donors (Lipinski definition) is 2. The highest BCUT2D eigenvalue weighted by atomic mass is 32.1. The molecule has 2 aliphatic carbocycles. The van der Waals surface area contributed by atoms with Gasteiger partial charge < -0.3 is 10.4 Å². The molecule has 2 aromatic rings. The molecule has 2 aliphatic rings. The predicted molar refractivity (Wildman–Crippen MR) is 86.9 cm³/mol. The quantitative estimate of drug-likeness (QED) is 0.856. The first-order valence-electron chi connectivity index (χ1n) is 7.95. The summed E-state index contributed by atoms with van der Waals surface area (Å²) in [5.41, 5.74) is 4.23. The van der Waals surface area contributed by atoms with Crippen LogP contribution in [0.3, 0.4) is 0 Å². The molecule has 1 heterocycles. The average molecular weight is 299 g/mol. The molecule has 0 amide bonds. The van der Waals surface area contributed by atoms with Crippen LogP contribution in [0.4, 0.5) is 0 Å². The van der Waals surface area contributed by atoms with E-state index in [9.17, 15) is 5.11 Å². The Bertz CT molecular complexity index is 648. The molecule has 21 heavy (non-hydrogen) atoms. The lowest BCUT2D eigenvalue weighted by molar-refractivity contribution is 0.370. The zero-order valence-electron chi connectivity index (χ0n) is 12.1. The first kappa shape index (κ1) is 13.4. The van der Waals surface area contributed by atoms with Gasteiger partial charge in [-0.25, -0.2) is 0 Å². The van der Waals surface area contributed by atoms with E-state index in [4.69, 9.17) is 0 Å². The largest absolute Gasteiger partial charge is 0.508 e. The lowest BCUT2D eigenvalue weighted by Crippen LogP contribution is -2.30. The molecule has 2 N–H and O–H groups in total. The van der Waals surface area contributed by atoms with E-state index in [0.717, 1.165) is 6.42 Å². The van der Waals surface area contributed by atoms with Crippen molar-refractivity contribution < 1.29 is 5.11 Å². The van der Waals surface area contributed by atoms with E-state index in [1.807, 2.05) is 23.5 Å². The number of hydrogen-bond acceptors (Lipinski definition) is 3. The maximum Gasteiger partial charge on any atom is 0.115 e. The molecule has 3 heteroatoms. The molecule has 0 saturated heterocycles. The van der Waals surface area contributed by atoms with Gasteiger partial charge in [-0.15, -0.1) is 11.3 Å². The predicted octanol–water partition coefficient (Wildman–Crippen LogP) is 4.50. The lowest BCUT2D eigenvalue weighted by atomic mass is 9.85. The molecule has 0 spiro atoms. The van der Waals surface area contributed by atoms with Crippen molar-refractivity contribution in [1.82, 2.24) is 5.32 Å². The van der Waals surface area contributed by atoms with Crippen LogP contribution >= 0.6 is 11.3 Å². The minimum absolute atomic E-state index is 0.396. The normalized spacial score (nSPS) is 24.4. The van der Waals surface area contributed by atoms with Crippen molar-refractivity contribution in [1.29, 1.82) is 0 Å². The number of benzene rings is 1. The highest BCUT2D eigenvalue weighted by molar-refractivity contribution is 7.10. The van der Waals surface area contributed by atoms with Crippen LogP contribution in [0, 0.1) is 0 Å². The van der Waals surface area contributed by atoms with Crippen molar-refractivity contribution in [3.8, 4) is 5.75 Å². The molecule has 0 aliphatic heterocycles. The standard InChI is InChI=1S/C18H21NOS/c20-13-7-8-14-12(11-13)3-1-4-16(14)19-17-5-2-6-18-15(17)9-10-21-18/h7-11,16-17,19-20H,1-6H2. The summed E-state index contributed by atoms with van der Waals surface area (Å²) in [4.78, 5) is 1.57. The smallest absolute Gasteiger partial charge is 0.115 e. The topological polar surface area (TPSA) is 32.3 Å². The Morgan fingerprint density at radius 3 is 2.71 bits per heavy atom. The third kappa shape index (κ3) is 2.49. The van der Waals surface area contributed by atoms with Gasteiger partial charge in [-0.05, 0) is 78.8 Å². The van der Waals surface area contributed by atoms with E-state index in [2.05, 4.69) is 22.8 Å². The zero-order chi connectivity index (χ0) is 14.2. The maximum atomic E-state index is 9.68. The highest BCUT2D eigenvalue weighted by Crippen LogP contribution is 2.38. The lowest BCUT2D eigenvalue weighted by Gasteiger charge is -2.32. The van der Waals surface area contributed by atoms with Crippen molar-refractivity contribution in [3.05, 3.63) is 51.2 Å². The van der Waals surface area contributed by atoms with E-state index in [-0.39, 0.29) is 0 Å². The number of phenols is 1. The van der Waals surface area contributed by atoms with Crippen LogP contribution in [-0.4, -0.2) is 5.11 Å². The van der Waals surface area contributed by atoms with E-state index >= 15 is 0 Å². The molecule has 1 aromatic carbocycles. The molecule has 110 valence electrons. The van der Waals surface area contributed by atoms with Crippen LogP contribution in [0.5, 0.6) is 5.75 Å². The summed E-state index contributed by atoms with van der Waals surface area (Å²) in [5.74, 6) is 0.396. The summed E-state index contributed by atoms with van der Waals surface area (Å²) >= 11 is 1.91. The van der Waals surface area contributed by atoms with E-state index in [1.54, 1.807) is 4.88 Å². The van der Waals surface area contributed by atoms with Crippen molar-refractivity contribution in [2.45, 2.75) is 50.6 Å². The molecule has 4 rings (SSSR count). The van der Waals surface area contributed by atoms with Gasteiger partial charge in [0.05, 0.1) is 0 Å². The molecule has 0 radical (unpaired) electrons. The zero-order valence-corrected chi connectivity index (χ0v) is 13.0. The van der Waals surface area contributed by atoms with E-state index < -0.39 is 0 Å². The Morgan fingerprint density at radius 1 is 1.00 bits per heavy atom. The summed E-state index contributed by atoms with van der Waals surface area (Å²) in [5, 5.41) is 15.8. The average Bonchev–Trinajstić information content (AvgIpc) is 2.97. The summed E-state index contributed by atoms with van der Waals surface area (Å²) in [6, 6.07) is 9.13. The molecule has 2 atom stereocenters. The fraction of sp³-hybridized carbons (Fsp3) is 0.444. The number of fused-ring (bicyclic) bond motifs is 2. The molecule has 2 nitrogen and oxygen atoms in total. The highest BCUT2D eigenvalue weighted by Gasteiger charge is 2.27. The van der Waals surface area contributed by atoms with Gasteiger partial charge in [0, 0.05) is 17.0 Å². The van der Waals surface area contributed by atoms with Gasteiger partial charge in [-0.2, -0.15) is 0 Å². The minimum atomic E-state index is 0.396. The van der Waals surface area contributed by atoms with E-state index in [0.29, 0.717) is 17.8 Å². The molecule has 0 fully saturated rings. The first-order chi connectivity index (χ1) is 10.3. The number of aryl methyl sites for hydroxylation is 2. The van der Waals surface area contributed by atoms with Gasteiger partial charge >= 0.3 is 0 Å². The number of thiophene rings is 1. The molecule has 1 aromatic heterocycles. The van der Waals surface area contributed by atoms with Crippen molar-refractivity contribution in [2.24, 2.45) is 0 Å². The number of phenolic OH excluding ortho intramolecular Hbond substituents is 1. The third-order valence-corrected chi connectivity index (χ3v) is 5.89. The van der Waals surface area contributed by atoms with Crippen molar-refractivity contribution in [3.63, 3.8) is 0 Å². The summed E-state index contributed by atoms with van der Waals surface area (Å²) in [6.07, 6.45) is 7.29. The third-order valence-electron chi connectivity index (χ3n) is 4.90. The van der Waals surface area contributed by atoms with Crippen LogP contribution < -0.4 is 5.32 Å². The molecule has 0 saturated carbocycles. The Balaban J connectivity index is 1.60. The van der Waals surface area contributed by atoms with Gasteiger partial charge in [0.2, 0.25) is 0 Å². The van der Waals surface area contributed by atoms with E-state index in [1.165, 1.54) is 48.8 Å². The second-order valence-electron chi connectivity index (χ2n) is 6.24. The van der Waals surface area contributed by atoms with Gasteiger partial charge in [-0.1, -0.05) is 6.07 Å². The molecular weight excluding hydrogens is 278 g/mol. The van der Waals surface area contributed by atoms with Gasteiger partial charge in [0.25, 0.3) is 0 Å². The second-order valence-corrected chi connectivity index (χ2v) is 7.24. The van der Waals surface area contributed by atoms with Gasteiger partial charge in [-0.3, -0.25) is 0 Å². The van der Waals surface area contributed by atoms with Gasteiger partial charge in [0.15, 0.2) is 0 Å². The van der Waals surface area contributed by atoms with Crippen molar-refractivity contribution in [2.75, 3.05) is 0 Å². The van der Waals surface area contributed by atoms with Crippen molar-refractivity contribution >= 4 is 11.3 Å². The summed E-state index contributed by atoms with van der Waals surface area (Å²) in [6.45, 7) is 0. The van der Waals surface area contributed by atoms with Crippen LogP contribution in [0.25, 0.3) is 0 Å². The number of rotatable bonds is 2. The summed E-state index contributed by atoms with van der Waals surface area (Å²) in [7, 11) is 0. The molecule has 2 unspecified atom stereocenters. The Hall–Kier alpha value is -1.32. The van der Waals surface area contributed by atoms with Crippen LogP contribution in [-0.2, 0) is 12.8 Å². The summed E-state index contributed by atoms with van der Waals surface area (Å²) < 4.78 is 0. The Morgan fingerprint density at radius 2 is 1.81 bits per heavy atom. The molecular formula is C18H21NOS. The van der Waals surface area contributed by atoms with Gasteiger partial charge in [0.1, 0.15) is 5.75 Å². The Kier molecular flexibility index (Phi) is 3.48. The second kappa shape index (κ2) is 5.47. The maximum absolute atomic E-state index is 9.68. The van der Waals surface area contributed by atoms with Crippen LogP contribution in [0.1, 0.15) is 59.3 Å². The SMILES string of the molecule is Oc1ccc2c(c1)CCCC2NC1CCCc2sccc21. The van der Waals surface area contributed by atoms with Crippen LogP contribution in [0.15, 0.2) is 29.6 Å². The Labute approximate surface area is 129 Å². The first-order valence-corrected chi connectivity index (χ1v) is 8.83. The minimum Gasteiger partial charge on any atom is -0.508 e. The number of nitrogens with one attached hydrogen (secondary N) is 1. The fourth-order valence-electron chi connectivity index (χ4n) is 3.88.